The first-order valence-corrected chi connectivity index (χ1v) is 4.90. The van der Waals surface area contributed by atoms with Crippen molar-refractivity contribution in [3.63, 3.8) is 0 Å². The van der Waals surface area contributed by atoms with Crippen molar-refractivity contribution in [1.82, 2.24) is 0 Å². The molecule has 1 aromatic rings. The van der Waals surface area contributed by atoms with Gasteiger partial charge in [0.2, 0.25) is 0 Å². The van der Waals surface area contributed by atoms with Crippen LogP contribution in [0.3, 0.4) is 0 Å². The zero-order valence-corrected chi connectivity index (χ0v) is 9.35. The van der Waals surface area contributed by atoms with Gasteiger partial charge in [-0.15, -0.1) is 0 Å². The second kappa shape index (κ2) is 3.94. The molecule has 1 nitrogen and oxygen atoms in total. The summed E-state index contributed by atoms with van der Waals surface area (Å²) in [4.78, 5) is 2.10. The van der Waals surface area contributed by atoms with Crippen LogP contribution >= 0.6 is 15.9 Å². The molecular weight excluding hydrogens is 214 g/mol. The number of nitrogens with zero attached hydrogens (tertiary/aromatic N) is 1. The van der Waals surface area contributed by atoms with Crippen molar-refractivity contribution >= 4 is 21.6 Å². The lowest BCUT2D eigenvalue weighted by Crippen LogP contribution is -2.09. The normalized spacial score (nSPS) is 10.0. The van der Waals surface area contributed by atoms with Crippen molar-refractivity contribution in [2.75, 3.05) is 19.0 Å². The summed E-state index contributed by atoms with van der Waals surface area (Å²) in [5.74, 6) is 0. The van der Waals surface area contributed by atoms with Gasteiger partial charge in [-0.05, 0) is 40.0 Å². The molecule has 2 heteroatoms. The monoisotopic (exact) mass is 227 g/mol. The van der Waals surface area contributed by atoms with Crippen LogP contribution in [-0.2, 0) is 6.42 Å². The largest absolute Gasteiger partial charge is 0.377 e. The molecule has 1 aromatic carbocycles. The predicted molar refractivity (Wildman–Crippen MR) is 57.8 cm³/mol. The van der Waals surface area contributed by atoms with Crippen LogP contribution in [0.4, 0.5) is 5.69 Å². The maximum absolute atomic E-state index is 3.55. The standard InChI is InChI=1S/C10H14BrN/c1-4-8-5-6-10(12(2)3)9(11)7-8/h5-7H,4H2,1-3H3. The van der Waals surface area contributed by atoms with Gasteiger partial charge in [-0.3, -0.25) is 0 Å². The summed E-state index contributed by atoms with van der Waals surface area (Å²) in [6, 6.07) is 6.48. The molecule has 0 N–H and O–H groups in total. The van der Waals surface area contributed by atoms with E-state index in [1.807, 2.05) is 14.1 Å². The van der Waals surface area contributed by atoms with E-state index in [-0.39, 0.29) is 0 Å². The van der Waals surface area contributed by atoms with Crippen LogP contribution in [0.25, 0.3) is 0 Å². The molecule has 0 saturated heterocycles. The number of rotatable bonds is 2. The second-order valence-electron chi connectivity index (χ2n) is 3.03. The molecule has 0 heterocycles. The molecular formula is C10H14BrN. The van der Waals surface area contributed by atoms with Crippen LogP contribution in [-0.4, -0.2) is 14.1 Å². The number of anilines is 1. The molecule has 0 aliphatic rings. The van der Waals surface area contributed by atoms with Crippen LogP contribution in [0.15, 0.2) is 22.7 Å². The van der Waals surface area contributed by atoms with Crippen molar-refractivity contribution in [2.24, 2.45) is 0 Å². The fraction of sp³-hybridized carbons (Fsp3) is 0.400. The maximum Gasteiger partial charge on any atom is 0.0505 e. The van der Waals surface area contributed by atoms with Crippen molar-refractivity contribution in [2.45, 2.75) is 13.3 Å². The molecule has 0 aliphatic heterocycles. The van der Waals surface area contributed by atoms with Crippen LogP contribution in [0, 0.1) is 0 Å². The molecule has 0 fully saturated rings. The number of benzene rings is 1. The Hall–Kier alpha value is -0.500. The molecule has 66 valence electrons. The first-order valence-electron chi connectivity index (χ1n) is 4.11. The minimum absolute atomic E-state index is 1.09. The summed E-state index contributed by atoms with van der Waals surface area (Å²) in [5.41, 5.74) is 2.60. The Morgan fingerprint density at radius 1 is 1.33 bits per heavy atom. The third kappa shape index (κ3) is 2.01. The van der Waals surface area contributed by atoms with Gasteiger partial charge in [0, 0.05) is 18.6 Å². The van der Waals surface area contributed by atoms with Gasteiger partial charge in [0.1, 0.15) is 0 Å². The molecule has 0 atom stereocenters. The first-order chi connectivity index (χ1) is 5.65. The second-order valence-corrected chi connectivity index (χ2v) is 3.89. The third-order valence-corrected chi connectivity index (χ3v) is 2.54. The fourth-order valence-electron chi connectivity index (χ4n) is 1.13. The zero-order valence-electron chi connectivity index (χ0n) is 7.76. The van der Waals surface area contributed by atoms with Gasteiger partial charge in [0.05, 0.1) is 5.69 Å². The Labute approximate surface area is 82.5 Å². The summed E-state index contributed by atoms with van der Waals surface area (Å²) >= 11 is 3.55. The van der Waals surface area contributed by atoms with E-state index in [9.17, 15) is 0 Å². The molecule has 0 radical (unpaired) electrons. The maximum atomic E-state index is 3.55. The van der Waals surface area contributed by atoms with E-state index >= 15 is 0 Å². The SMILES string of the molecule is CCc1ccc(N(C)C)c(Br)c1. The minimum atomic E-state index is 1.09. The van der Waals surface area contributed by atoms with Crippen molar-refractivity contribution in [1.29, 1.82) is 0 Å². The highest BCUT2D eigenvalue weighted by atomic mass is 79.9. The van der Waals surface area contributed by atoms with Crippen LogP contribution in [0.2, 0.25) is 0 Å². The molecule has 0 spiro atoms. The van der Waals surface area contributed by atoms with E-state index in [1.165, 1.54) is 15.7 Å². The molecule has 0 aromatic heterocycles. The zero-order chi connectivity index (χ0) is 9.14. The van der Waals surface area contributed by atoms with Gasteiger partial charge in [-0.1, -0.05) is 13.0 Å². The number of hydrogen-bond donors (Lipinski definition) is 0. The van der Waals surface area contributed by atoms with Crippen molar-refractivity contribution < 1.29 is 0 Å². The minimum Gasteiger partial charge on any atom is -0.377 e. The highest BCUT2D eigenvalue weighted by Crippen LogP contribution is 2.25. The molecule has 1 rings (SSSR count). The summed E-state index contributed by atoms with van der Waals surface area (Å²) in [6.45, 7) is 2.16. The molecule has 0 aliphatic carbocycles. The van der Waals surface area contributed by atoms with E-state index in [2.05, 4.69) is 46.0 Å². The number of hydrogen-bond acceptors (Lipinski definition) is 1. The average molecular weight is 228 g/mol. The molecule has 12 heavy (non-hydrogen) atoms. The lowest BCUT2D eigenvalue weighted by atomic mass is 10.1. The lowest BCUT2D eigenvalue weighted by Gasteiger charge is -2.14. The van der Waals surface area contributed by atoms with Crippen LogP contribution in [0.5, 0.6) is 0 Å². The Balaban J connectivity index is 3.03. The Bertz CT molecular complexity index is 269. The topological polar surface area (TPSA) is 3.24 Å². The van der Waals surface area contributed by atoms with E-state index in [1.54, 1.807) is 0 Å². The highest BCUT2D eigenvalue weighted by Gasteiger charge is 2.01. The Kier molecular flexibility index (Phi) is 3.15. The molecule has 0 bridgehead atoms. The summed E-state index contributed by atoms with van der Waals surface area (Å²) in [7, 11) is 4.09. The lowest BCUT2D eigenvalue weighted by molar-refractivity contribution is 1.10. The van der Waals surface area contributed by atoms with Gasteiger partial charge >= 0.3 is 0 Å². The third-order valence-electron chi connectivity index (χ3n) is 1.90. The fourth-order valence-corrected chi connectivity index (χ4v) is 1.91. The summed E-state index contributed by atoms with van der Waals surface area (Å²) in [6.07, 6.45) is 1.09. The highest BCUT2D eigenvalue weighted by molar-refractivity contribution is 9.10. The van der Waals surface area contributed by atoms with E-state index < -0.39 is 0 Å². The molecule has 0 unspecified atom stereocenters. The van der Waals surface area contributed by atoms with E-state index in [4.69, 9.17) is 0 Å². The van der Waals surface area contributed by atoms with Gasteiger partial charge in [0.25, 0.3) is 0 Å². The van der Waals surface area contributed by atoms with E-state index in [0.717, 1.165) is 6.42 Å². The quantitative estimate of drug-likeness (QED) is 0.751. The van der Waals surface area contributed by atoms with Crippen molar-refractivity contribution in [3.8, 4) is 0 Å². The summed E-state index contributed by atoms with van der Waals surface area (Å²) < 4.78 is 1.17. The Morgan fingerprint density at radius 2 is 2.00 bits per heavy atom. The van der Waals surface area contributed by atoms with Gasteiger partial charge < -0.3 is 4.90 Å². The number of aryl methyl sites for hydroxylation is 1. The predicted octanol–water partition coefficient (Wildman–Crippen LogP) is 3.08. The van der Waals surface area contributed by atoms with Crippen molar-refractivity contribution in [3.05, 3.63) is 28.2 Å². The van der Waals surface area contributed by atoms with Gasteiger partial charge in [0.15, 0.2) is 0 Å². The Morgan fingerprint density at radius 3 is 2.42 bits per heavy atom. The number of halogens is 1. The summed E-state index contributed by atoms with van der Waals surface area (Å²) in [5, 5.41) is 0. The van der Waals surface area contributed by atoms with Gasteiger partial charge in [-0.25, -0.2) is 0 Å². The van der Waals surface area contributed by atoms with Crippen LogP contribution < -0.4 is 4.90 Å². The molecule has 0 saturated carbocycles. The van der Waals surface area contributed by atoms with E-state index in [0.29, 0.717) is 0 Å². The first kappa shape index (κ1) is 9.59. The smallest absolute Gasteiger partial charge is 0.0505 e. The molecule has 0 amide bonds. The van der Waals surface area contributed by atoms with Crippen LogP contribution in [0.1, 0.15) is 12.5 Å². The van der Waals surface area contributed by atoms with Gasteiger partial charge in [-0.2, -0.15) is 0 Å². The average Bonchev–Trinajstić information content (AvgIpc) is 2.03.